The lowest BCUT2D eigenvalue weighted by Gasteiger charge is -2.10. The highest BCUT2D eigenvalue weighted by atomic mass is 16.1. The van der Waals surface area contributed by atoms with Gasteiger partial charge in [-0.1, -0.05) is 64.5 Å². The number of amides is 1. The molecule has 0 saturated heterocycles. The molecule has 28 heavy (non-hydrogen) atoms. The number of hydrogen-bond donors (Lipinski definition) is 1. The predicted molar refractivity (Wildman–Crippen MR) is 119 cm³/mol. The van der Waals surface area contributed by atoms with Gasteiger partial charge in [-0.05, 0) is 37.8 Å². The summed E-state index contributed by atoms with van der Waals surface area (Å²) in [6.07, 6.45) is 13.8. The summed E-state index contributed by atoms with van der Waals surface area (Å²) in [5.74, 6) is 1.41. The lowest BCUT2D eigenvalue weighted by atomic mass is 10.1. The van der Waals surface area contributed by atoms with Crippen molar-refractivity contribution in [3.8, 4) is 0 Å². The monoisotopic (exact) mass is 385 g/mol. The van der Waals surface area contributed by atoms with Gasteiger partial charge in [0.25, 0.3) is 0 Å². The van der Waals surface area contributed by atoms with Gasteiger partial charge in [-0.25, -0.2) is 4.98 Å². The Kier molecular flexibility index (Phi) is 10.7. The molecule has 1 N–H and O–H groups in total. The molecule has 0 bridgehead atoms. The summed E-state index contributed by atoms with van der Waals surface area (Å²) >= 11 is 0. The molecule has 0 radical (unpaired) electrons. The summed E-state index contributed by atoms with van der Waals surface area (Å²) < 4.78 is 2.44. The molecule has 4 heteroatoms. The Bertz CT molecular complexity index is 692. The van der Waals surface area contributed by atoms with Crippen LogP contribution in [0.25, 0.3) is 11.0 Å². The van der Waals surface area contributed by atoms with E-state index in [1.165, 1.54) is 49.9 Å². The van der Waals surface area contributed by atoms with E-state index in [2.05, 4.69) is 41.1 Å². The van der Waals surface area contributed by atoms with Crippen LogP contribution in [0, 0.1) is 0 Å². The van der Waals surface area contributed by atoms with Crippen LogP contribution in [0.2, 0.25) is 0 Å². The Hall–Kier alpha value is -1.84. The molecule has 156 valence electrons. The zero-order valence-electron chi connectivity index (χ0n) is 18.0. The van der Waals surface area contributed by atoms with Crippen molar-refractivity contribution < 1.29 is 4.79 Å². The zero-order chi connectivity index (χ0) is 20.0. The molecule has 0 fully saturated rings. The summed E-state index contributed by atoms with van der Waals surface area (Å²) in [4.78, 5) is 16.4. The summed E-state index contributed by atoms with van der Waals surface area (Å²) in [5, 5.41) is 3.00. The second kappa shape index (κ2) is 13.4. The Morgan fingerprint density at radius 3 is 2.50 bits per heavy atom. The van der Waals surface area contributed by atoms with E-state index in [9.17, 15) is 4.79 Å². The fourth-order valence-electron chi connectivity index (χ4n) is 3.74. The van der Waals surface area contributed by atoms with Crippen LogP contribution >= 0.6 is 0 Å². The average Bonchev–Trinajstić information content (AvgIpc) is 3.05. The van der Waals surface area contributed by atoms with Crippen LogP contribution in [0.3, 0.4) is 0 Å². The average molecular weight is 386 g/mol. The molecule has 0 atom stereocenters. The molecular weight excluding hydrogens is 346 g/mol. The first-order valence-electron chi connectivity index (χ1n) is 11.5. The van der Waals surface area contributed by atoms with E-state index >= 15 is 0 Å². The fraction of sp³-hybridized carbons (Fsp3) is 0.667. The second-order valence-corrected chi connectivity index (χ2v) is 7.85. The first kappa shape index (κ1) is 22.4. The number of carbonyl (C=O) groups excluding carboxylic acids is 1. The van der Waals surface area contributed by atoms with Crippen molar-refractivity contribution in [2.75, 3.05) is 6.54 Å². The number of hydrogen-bond acceptors (Lipinski definition) is 2. The van der Waals surface area contributed by atoms with Gasteiger partial charge >= 0.3 is 0 Å². The molecule has 1 heterocycles. The molecule has 0 aliphatic carbocycles. The van der Waals surface area contributed by atoms with E-state index < -0.39 is 0 Å². The number of imidazole rings is 1. The van der Waals surface area contributed by atoms with Crippen LogP contribution in [0.15, 0.2) is 24.3 Å². The molecule has 1 aromatic carbocycles. The molecule has 2 aromatic rings. The Morgan fingerprint density at radius 1 is 0.929 bits per heavy atom. The van der Waals surface area contributed by atoms with Crippen molar-refractivity contribution >= 4 is 16.9 Å². The van der Waals surface area contributed by atoms with Crippen LogP contribution in [0.5, 0.6) is 0 Å². The van der Waals surface area contributed by atoms with Gasteiger partial charge in [0.15, 0.2) is 0 Å². The quantitative estimate of drug-likeness (QED) is 0.381. The molecule has 0 saturated carbocycles. The number of benzene rings is 1. The number of fused-ring (bicyclic) bond motifs is 1. The summed E-state index contributed by atoms with van der Waals surface area (Å²) in [5.41, 5.74) is 2.40. The third-order valence-corrected chi connectivity index (χ3v) is 5.35. The number of nitrogens with zero attached hydrogens (tertiary/aromatic N) is 2. The van der Waals surface area contributed by atoms with Crippen LogP contribution in [-0.2, 0) is 17.8 Å². The van der Waals surface area contributed by atoms with Crippen LogP contribution in [-0.4, -0.2) is 22.0 Å². The maximum Gasteiger partial charge on any atom is 0.219 e. The molecular formula is C24H39N3O. The minimum atomic E-state index is 0.184. The van der Waals surface area contributed by atoms with Gasteiger partial charge in [0.2, 0.25) is 5.91 Å². The third kappa shape index (κ3) is 7.65. The van der Waals surface area contributed by atoms with Gasteiger partial charge in [-0.3, -0.25) is 4.79 Å². The van der Waals surface area contributed by atoms with Crippen molar-refractivity contribution in [3.63, 3.8) is 0 Å². The number of rotatable bonds is 15. The van der Waals surface area contributed by atoms with Gasteiger partial charge in [0.1, 0.15) is 5.82 Å². The van der Waals surface area contributed by atoms with Crippen molar-refractivity contribution in [2.24, 2.45) is 0 Å². The molecule has 1 aromatic heterocycles. The Morgan fingerprint density at radius 2 is 1.68 bits per heavy atom. The number of aromatic nitrogens is 2. The standard InChI is InChI=1S/C24H39N3O/c1-3-5-6-7-8-14-20-27-22-17-12-11-16-21(22)26-23(27)18-10-9-13-19-25-24(28)15-4-2/h11-12,16-17H,3-10,13-15,18-20H2,1-2H3,(H,25,28). The third-order valence-electron chi connectivity index (χ3n) is 5.35. The molecule has 2 rings (SSSR count). The SMILES string of the molecule is CCCCCCCCn1c(CCCCCNC(=O)CCC)nc2ccccc21. The highest BCUT2D eigenvalue weighted by Crippen LogP contribution is 2.19. The molecule has 0 aliphatic rings. The first-order valence-corrected chi connectivity index (χ1v) is 11.5. The van der Waals surface area contributed by atoms with Crippen LogP contribution in [0.1, 0.15) is 90.3 Å². The predicted octanol–water partition coefficient (Wildman–Crippen LogP) is 6.03. The highest BCUT2D eigenvalue weighted by Gasteiger charge is 2.10. The minimum absolute atomic E-state index is 0.184. The maximum atomic E-state index is 11.5. The highest BCUT2D eigenvalue weighted by molar-refractivity contribution is 5.76. The topological polar surface area (TPSA) is 46.9 Å². The van der Waals surface area contributed by atoms with Crippen LogP contribution < -0.4 is 5.32 Å². The fourth-order valence-corrected chi connectivity index (χ4v) is 3.74. The number of para-hydroxylation sites is 2. The second-order valence-electron chi connectivity index (χ2n) is 7.85. The van der Waals surface area contributed by atoms with E-state index in [1.54, 1.807) is 0 Å². The number of unbranched alkanes of at least 4 members (excludes halogenated alkanes) is 7. The van der Waals surface area contributed by atoms with Gasteiger partial charge in [-0.2, -0.15) is 0 Å². The van der Waals surface area contributed by atoms with E-state index in [-0.39, 0.29) is 5.91 Å². The van der Waals surface area contributed by atoms with Crippen molar-refractivity contribution in [1.82, 2.24) is 14.9 Å². The maximum absolute atomic E-state index is 11.5. The van der Waals surface area contributed by atoms with Gasteiger partial charge < -0.3 is 9.88 Å². The summed E-state index contributed by atoms with van der Waals surface area (Å²) in [6.45, 7) is 6.18. The minimum Gasteiger partial charge on any atom is -0.356 e. The Labute approximate surface area is 171 Å². The normalized spacial score (nSPS) is 11.2. The number of aryl methyl sites for hydroxylation is 2. The molecule has 0 unspecified atom stereocenters. The van der Waals surface area contributed by atoms with Gasteiger partial charge in [0.05, 0.1) is 11.0 Å². The number of carbonyl (C=O) groups is 1. The number of nitrogens with one attached hydrogen (secondary N) is 1. The van der Waals surface area contributed by atoms with E-state index in [0.717, 1.165) is 50.7 Å². The lowest BCUT2D eigenvalue weighted by molar-refractivity contribution is -0.121. The van der Waals surface area contributed by atoms with Crippen molar-refractivity contribution in [2.45, 2.75) is 97.4 Å². The molecule has 0 spiro atoms. The molecule has 4 nitrogen and oxygen atoms in total. The largest absolute Gasteiger partial charge is 0.356 e. The van der Waals surface area contributed by atoms with Gasteiger partial charge in [-0.15, -0.1) is 0 Å². The summed E-state index contributed by atoms with van der Waals surface area (Å²) in [7, 11) is 0. The molecule has 0 aliphatic heterocycles. The van der Waals surface area contributed by atoms with E-state index in [0.29, 0.717) is 6.42 Å². The van der Waals surface area contributed by atoms with E-state index in [1.807, 2.05) is 6.92 Å². The van der Waals surface area contributed by atoms with Crippen molar-refractivity contribution in [3.05, 3.63) is 30.1 Å². The lowest BCUT2D eigenvalue weighted by Crippen LogP contribution is -2.23. The Balaban J connectivity index is 1.79. The first-order chi connectivity index (χ1) is 13.8. The smallest absolute Gasteiger partial charge is 0.219 e. The van der Waals surface area contributed by atoms with Crippen LogP contribution in [0.4, 0.5) is 0 Å². The van der Waals surface area contributed by atoms with Gasteiger partial charge in [0, 0.05) is 25.9 Å². The van der Waals surface area contributed by atoms with E-state index in [4.69, 9.17) is 4.98 Å². The summed E-state index contributed by atoms with van der Waals surface area (Å²) in [6, 6.07) is 8.52. The zero-order valence-corrected chi connectivity index (χ0v) is 18.0. The van der Waals surface area contributed by atoms with Crippen molar-refractivity contribution in [1.29, 1.82) is 0 Å². The molecule has 1 amide bonds.